The van der Waals surface area contributed by atoms with Gasteiger partial charge in [0, 0.05) is 18.0 Å². The maximum absolute atomic E-state index is 12.7. The molecule has 2 N–H and O–H groups in total. The predicted octanol–water partition coefficient (Wildman–Crippen LogP) is 4.52. The minimum Gasteiger partial charge on any atom is -0.497 e. The highest BCUT2D eigenvalue weighted by Gasteiger charge is 2.21. The first kappa shape index (κ1) is 22.5. The van der Waals surface area contributed by atoms with Crippen LogP contribution in [-0.2, 0) is 10.0 Å². The van der Waals surface area contributed by atoms with Gasteiger partial charge >= 0.3 is 0 Å². The molecule has 0 bridgehead atoms. The van der Waals surface area contributed by atoms with E-state index < -0.39 is 20.6 Å². The van der Waals surface area contributed by atoms with E-state index in [-0.39, 0.29) is 10.6 Å². The number of sulfonamides is 1. The first-order chi connectivity index (χ1) is 15.4. The van der Waals surface area contributed by atoms with E-state index in [4.69, 9.17) is 4.74 Å². The molecule has 0 aliphatic carbocycles. The second-order valence-electron chi connectivity index (χ2n) is 6.43. The highest BCUT2D eigenvalue weighted by Crippen LogP contribution is 2.29. The molecule has 0 saturated heterocycles. The van der Waals surface area contributed by atoms with Gasteiger partial charge in [0.1, 0.15) is 11.4 Å². The zero-order valence-corrected chi connectivity index (χ0v) is 17.8. The van der Waals surface area contributed by atoms with Crippen molar-refractivity contribution in [1.29, 1.82) is 0 Å². The molecule has 32 heavy (non-hydrogen) atoms. The fourth-order valence-electron chi connectivity index (χ4n) is 2.67. The van der Waals surface area contributed by atoms with E-state index in [2.05, 4.69) is 15.2 Å². The molecule has 9 nitrogen and oxygen atoms in total. The van der Waals surface area contributed by atoms with Crippen LogP contribution in [0.25, 0.3) is 6.08 Å². The molecule has 10 heteroatoms. The third-order valence-electron chi connectivity index (χ3n) is 4.25. The molecule has 0 spiro atoms. The number of nitro benzene ring substituents is 1. The Kier molecular flexibility index (Phi) is 7.19. The van der Waals surface area contributed by atoms with E-state index >= 15 is 0 Å². The molecule has 0 aliphatic rings. The number of hydrogen-bond acceptors (Lipinski definition) is 7. The van der Waals surface area contributed by atoms with Crippen LogP contribution in [0, 0.1) is 10.1 Å². The lowest BCUT2D eigenvalue weighted by Gasteiger charge is -2.10. The van der Waals surface area contributed by atoms with Crippen LogP contribution in [0.2, 0.25) is 0 Å². The van der Waals surface area contributed by atoms with Gasteiger partial charge < -0.3 is 4.74 Å². The van der Waals surface area contributed by atoms with Crippen molar-refractivity contribution in [3.63, 3.8) is 0 Å². The average molecular weight is 452 g/mol. The summed E-state index contributed by atoms with van der Waals surface area (Å²) in [5, 5.41) is 15.4. The Morgan fingerprint density at radius 1 is 1.03 bits per heavy atom. The van der Waals surface area contributed by atoms with E-state index in [1.807, 2.05) is 36.4 Å². The molecular formula is C22H20N4O5S. The van der Waals surface area contributed by atoms with Crippen molar-refractivity contribution in [3.05, 3.63) is 94.6 Å². The van der Waals surface area contributed by atoms with Crippen LogP contribution in [0.3, 0.4) is 0 Å². The van der Waals surface area contributed by atoms with Gasteiger partial charge in [0.25, 0.3) is 15.7 Å². The van der Waals surface area contributed by atoms with Gasteiger partial charge in [-0.05, 0) is 48.0 Å². The largest absolute Gasteiger partial charge is 0.497 e. The fraction of sp³-hybridized carbons (Fsp3) is 0.0455. The quantitative estimate of drug-likeness (QED) is 0.280. The molecule has 0 amide bonds. The van der Waals surface area contributed by atoms with E-state index in [1.165, 1.54) is 37.6 Å². The van der Waals surface area contributed by atoms with Gasteiger partial charge in [-0.15, -0.1) is 0 Å². The molecular weight excluding hydrogens is 432 g/mol. The van der Waals surface area contributed by atoms with Gasteiger partial charge in [-0.25, -0.2) is 8.42 Å². The van der Waals surface area contributed by atoms with Crippen molar-refractivity contribution in [2.24, 2.45) is 5.10 Å². The zero-order valence-electron chi connectivity index (χ0n) is 17.0. The number of methoxy groups -OCH3 is 1. The third kappa shape index (κ3) is 5.92. The fourth-order valence-corrected chi connectivity index (χ4v) is 3.74. The molecule has 0 unspecified atom stereocenters. The van der Waals surface area contributed by atoms with Crippen LogP contribution in [0.1, 0.15) is 5.56 Å². The van der Waals surface area contributed by atoms with E-state index in [0.29, 0.717) is 11.4 Å². The topological polar surface area (TPSA) is 123 Å². The second-order valence-corrected chi connectivity index (χ2v) is 8.11. The van der Waals surface area contributed by atoms with Crippen LogP contribution in [-0.4, -0.2) is 26.7 Å². The maximum Gasteiger partial charge on any atom is 0.295 e. The molecule has 0 aliphatic heterocycles. The van der Waals surface area contributed by atoms with E-state index in [9.17, 15) is 18.5 Å². The summed E-state index contributed by atoms with van der Waals surface area (Å²) in [6, 6.07) is 19.3. The highest BCUT2D eigenvalue weighted by molar-refractivity contribution is 7.92. The van der Waals surface area contributed by atoms with Crippen molar-refractivity contribution >= 4 is 39.4 Å². The van der Waals surface area contributed by atoms with Crippen molar-refractivity contribution in [3.8, 4) is 5.75 Å². The standard InChI is InChI=1S/C22H20N4O5S/c1-31-19-11-9-18(10-12-19)25-32(29,30)20-13-14-21(22(16-20)26(27)28)24-23-15-5-8-17-6-3-2-4-7-17/h2-16,24-25H,1H3. The maximum atomic E-state index is 12.7. The molecule has 0 fully saturated rings. The molecule has 0 atom stereocenters. The Bertz CT molecular complexity index is 1240. The Labute approximate surface area is 185 Å². The number of ether oxygens (including phenoxy) is 1. The second kappa shape index (κ2) is 10.2. The van der Waals surface area contributed by atoms with Crippen molar-refractivity contribution in [1.82, 2.24) is 0 Å². The third-order valence-corrected chi connectivity index (χ3v) is 5.63. The summed E-state index contributed by atoms with van der Waals surface area (Å²) in [5.41, 5.74) is 3.48. The van der Waals surface area contributed by atoms with E-state index in [0.717, 1.165) is 11.6 Å². The van der Waals surface area contributed by atoms with Crippen LogP contribution in [0.15, 0.2) is 88.9 Å². The lowest BCUT2D eigenvalue weighted by Crippen LogP contribution is -2.13. The van der Waals surface area contributed by atoms with Crippen LogP contribution >= 0.6 is 0 Å². The summed E-state index contributed by atoms with van der Waals surface area (Å²) in [6.07, 6.45) is 4.93. The summed E-state index contributed by atoms with van der Waals surface area (Å²) < 4.78 is 32.7. The Hall–Kier alpha value is -4.18. The minimum absolute atomic E-state index is 0.0581. The summed E-state index contributed by atoms with van der Waals surface area (Å²) in [5.74, 6) is 0.568. The van der Waals surface area contributed by atoms with Crippen molar-refractivity contribution in [2.75, 3.05) is 17.3 Å². The zero-order chi connectivity index (χ0) is 23.0. The monoisotopic (exact) mass is 452 g/mol. The molecule has 0 heterocycles. The van der Waals surface area contributed by atoms with Crippen molar-refractivity contribution in [2.45, 2.75) is 4.90 Å². The Balaban J connectivity index is 1.75. The average Bonchev–Trinajstić information content (AvgIpc) is 2.79. The number of allylic oxidation sites excluding steroid dienone is 1. The number of rotatable bonds is 9. The van der Waals surface area contributed by atoms with Gasteiger partial charge in [0.05, 0.1) is 16.9 Å². The van der Waals surface area contributed by atoms with Crippen LogP contribution in [0.4, 0.5) is 17.1 Å². The van der Waals surface area contributed by atoms with E-state index in [1.54, 1.807) is 18.2 Å². The highest BCUT2D eigenvalue weighted by atomic mass is 32.2. The first-order valence-electron chi connectivity index (χ1n) is 9.35. The molecule has 3 aromatic carbocycles. The lowest BCUT2D eigenvalue weighted by molar-refractivity contribution is -0.384. The SMILES string of the molecule is COc1ccc(NS(=O)(=O)c2ccc(NN=CC=Cc3ccccc3)c([N+](=O)[O-])c2)cc1. The number of anilines is 2. The number of nitrogens with zero attached hydrogens (tertiary/aromatic N) is 2. The molecule has 0 aromatic heterocycles. The van der Waals surface area contributed by atoms with Gasteiger partial charge in [-0.2, -0.15) is 5.10 Å². The smallest absolute Gasteiger partial charge is 0.295 e. The Morgan fingerprint density at radius 2 is 1.75 bits per heavy atom. The summed E-state index contributed by atoms with van der Waals surface area (Å²) in [7, 11) is -2.54. The number of nitro groups is 1. The number of nitrogens with one attached hydrogen (secondary N) is 2. The molecule has 3 aromatic rings. The van der Waals surface area contributed by atoms with Crippen molar-refractivity contribution < 1.29 is 18.1 Å². The number of benzene rings is 3. The first-order valence-corrected chi connectivity index (χ1v) is 10.8. The van der Waals surface area contributed by atoms with Crippen LogP contribution in [0.5, 0.6) is 5.75 Å². The van der Waals surface area contributed by atoms with Gasteiger partial charge in [-0.1, -0.05) is 36.4 Å². The predicted molar refractivity (Wildman–Crippen MR) is 124 cm³/mol. The molecule has 0 radical (unpaired) electrons. The molecule has 0 saturated carbocycles. The van der Waals surface area contributed by atoms with Gasteiger partial charge in [0.2, 0.25) is 0 Å². The lowest BCUT2D eigenvalue weighted by atomic mass is 10.2. The number of hydrogen-bond donors (Lipinski definition) is 2. The van der Waals surface area contributed by atoms with Gasteiger partial charge in [0.15, 0.2) is 0 Å². The Morgan fingerprint density at radius 3 is 2.41 bits per heavy atom. The summed E-state index contributed by atoms with van der Waals surface area (Å²) in [6.45, 7) is 0. The minimum atomic E-state index is -4.04. The summed E-state index contributed by atoms with van der Waals surface area (Å²) >= 11 is 0. The molecule has 164 valence electrons. The molecule has 3 rings (SSSR count). The normalized spacial score (nSPS) is 11.5. The van der Waals surface area contributed by atoms with Crippen LogP contribution < -0.4 is 14.9 Å². The number of hydrazone groups is 1. The van der Waals surface area contributed by atoms with Gasteiger partial charge in [-0.3, -0.25) is 20.3 Å². The summed E-state index contributed by atoms with van der Waals surface area (Å²) in [4.78, 5) is 10.5.